The summed E-state index contributed by atoms with van der Waals surface area (Å²) in [6, 6.07) is 24.4. The zero-order valence-corrected chi connectivity index (χ0v) is 19.7. The Balaban J connectivity index is 1.33. The van der Waals surface area contributed by atoms with Crippen molar-refractivity contribution in [2.24, 2.45) is 0 Å². The lowest BCUT2D eigenvalue weighted by Gasteiger charge is -2.37. The fourth-order valence-electron chi connectivity index (χ4n) is 4.79. The fraction of sp³-hybridized carbons (Fsp3) is 0.241. The van der Waals surface area contributed by atoms with E-state index in [0.717, 1.165) is 12.1 Å². The molecule has 1 aliphatic rings. The number of alkyl halides is 3. The van der Waals surface area contributed by atoms with Gasteiger partial charge in [0.15, 0.2) is 0 Å². The molecule has 0 spiro atoms. The Kier molecular flexibility index (Phi) is 6.58. The Morgan fingerprint density at radius 2 is 1.72 bits per heavy atom. The summed E-state index contributed by atoms with van der Waals surface area (Å²) in [5.41, 5.74) is 0.956. The van der Waals surface area contributed by atoms with Crippen LogP contribution in [0.4, 0.5) is 28.9 Å². The number of fused-ring (bicyclic) bond motifs is 2. The van der Waals surface area contributed by atoms with Crippen molar-refractivity contribution in [3.63, 3.8) is 0 Å². The van der Waals surface area contributed by atoms with Crippen molar-refractivity contribution in [1.29, 1.82) is 0 Å². The topological polar surface area (TPSA) is 24.5 Å². The van der Waals surface area contributed by atoms with Crippen LogP contribution in [0.5, 0.6) is 5.75 Å². The van der Waals surface area contributed by atoms with Crippen molar-refractivity contribution in [2.75, 3.05) is 18.0 Å². The molecule has 3 nitrogen and oxygen atoms in total. The fourth-order valence-corrected chi connectivity index (χ4v) is 4.79. The zero-order chi connectivity index (χ0) is 25.3. The van der Waals surface area contributed by atoms with Gasteiger partial charge in [-0.2, -0.15) is 13.2 Å². The van der Waals surface area contributed by atoms with Crippen molar-refractivity contribution in [3.8, 4) is 5.75 Å². The summed E-state index contributed by atoms with van der Waals surface area (Å²) in [4.78, 5) is 1.70. The van der Waals surface area contributed by atoms with Crippen LogP contribution in [0.2, 0.25) is 0 Å². The third-order valence-electron chi connectivity index (χ3n) is 6.56. The lowest BCUT2D eigenvalue weighted by atomic mass is 9.99. The predicted octanol–water partition coefficient (Wildman–Crippen LogP) is 7.64. The van der Waals surface area contributed by atoms with Gasteiger partial charge >= 0.3 is 6.18 Å². The van der Waals surface area contributed by atoms with Gasteiger partial charge in [0.1, 0.15) is 17.7 Å². The third-order valence-corrected chi connectivity index (χ3v) is 6.56. The first-order chi connectivity index (χ1) is 17.3. The van der Waals surface area contributed by atoms with E-state index in [2.05, 4.69) is 36.5 Å². The van der Waals surface area contributed by atoms with Gasteiger partial charge in [-0.15, -0.1) is 0 Å². The average Bonchev–Trinajstić information content (AvgIpc) is 2.87. The number of para-hydroxylation sites is 2. The molecule has 0 amide bonds. The number of hydrogen-bond acceptors (Lipinski definition) is 3. The van der Waals surface area contributed by atoms with Crippen LogP contribution in [-0.2, 0) is 6.18 Å². The molecule has 186 valence electrons. The second kappa shape index (κ2) is 9.82. The Bertz CT molecular complexity index is 1370. The van der Waals surface area contributed by atoms with Crippen molar-refractivity contribution < 1.29 is 22.3 Å². The van der Waals surface area contributed by atoms with E-state index in [-0.39, 0.29) is 17.8 Å². The van der Waals surface area contributed by atoms with Gasteiger partial charge in [0, 0.05) is 11.7 Å². The van der Waals surface area contributed by atoms with Crippen LogP contribution in [0.3, 0.4) is 0 Å². The minimum Gasteiger partial charge on any atom is -0.486 e. The monoisotopic (exact) mass is 494 g/mol. The highest BCUT2D eigenvalue weighted by Crippen LogP contribution is 2.41. The van der Waals surface area contributed by atoms with Crippen LogP contribution < -0.4 is 15.0 Å². The number of hydrogen-bond donors (Lipinski definition) is 1. The van der Waals surface area contributed by atoms with Crippen molar-refractivity contribution in [3.05, 3.63) is 102 Å². The molecule has 0 aliphatic carbocycles. The Morgan fingerprint density at radius 1 is 0.972 bits per heavy atom. The van der Waals surface area contributed by atoms with E-state index in [1.54, 1.807) is 23.1 Å². The molecular formula is C29H26F4N2O. The maximum atomic E-state index is 14.2. The van der Waals surface area contributed by atoms with E-state index >= 15 is 0 Å². The second-order valence-corrected chi connectivity index (χ2v) is 9.05. The summed E-state index contributed by atoms with van der Waals surface area (Å²) in [5, 5.41) is 5.92. The van der Waals surface area contributed by atoms with E-state index in [1.807, 2.05) is 24.3 Å². The van der Waals surface area contributed by atoms with Crippen LogP contribution in [-0.4, -0.2) is 19.2 Å². The molecule has 0 aromatic heterocycles. The van der Waals surface area contributed by atoms with Gasteiger partial charge < -0.3 is 15.0 Å². The number of halogens is 4. The summed E-state index contributed by atoms with van der Waals surface area (Å²) in [7, 11) is 0. The molecule has 0 saturated heterocycles. The van der Waals surface area contributed by atoms with E-state index in [0.29, 0.717) is 37.0 Å². The molecule has 1 N–H and O–H groups in total. The molecule has 2 atom stereocenters. The molecule has 1 aliphatic heterocycles. The molecule has 0 saturated carbocycles. The Hall–Kier alpha value is -3.58. The number of rotatable bonds is 6. The van der Waals surface area contributed by atoms with E-state index in [4.69, 9.17) is 4.74 Å². The highest BCUT2D eigenvalue weighted by Gasteiger charge is 2.33. The summed E-state index contributed by atoms with van der Waals surface area (Å²) in [6.07, 6.45) is -4.30. The lowest BCUT2D eigenvalue weighted by molar-refractivity contribution is -0.137. The van der Waals surface area contributed by atoms with Gasteiger partial charge in [-0.25, -0.2) is 4.39 Å². The molecule has 7 heteroatoms. The number of anilines is 2. The normalized spacial score (nSPS) is 16.5. The Labute approximate surface area is 207 Å². The van der Waals surface area contributed by atoms with Gasteiger partial charge in [0.2, 0.25) is 0 Å². The van der Waals surface area contributed by atoms with Gasteiger partial charge in [-0.05, 0) is 66.6 Å². The Morgan fingerprint density at radius 3 is 2.56 bits per heavy atom. The minimum atomic E-state index is -4.64. The van der Waals surface area contributed by atoms with Gasteiger partial charge in [-0.3, -0.25) is 0 Å². The van der Waals surface area contributed by atoms with Crippen molar-refractivity contribution in [1.82, 2.24) is 5.32 Å². The molecule has 1 heterocycles. The van der Waals surface area contributed by atoms with Gasteiger partial charge in [0.05, 0.1) is 17.8 Å². The lowest BCUT2D eigenvalue weighted by Crippen LogP contribution is -2.39. The summed E-state index contributed by atoms with van der Waals surface area (Å²) in [6.45, 7) is 3.06. The SMILES string of the molecule is C[C@@H](NCCC1CN(c2cc(F)cc(C(F)(F)F)c2)c2ccccc2O1)c1cccc2ccccc12. The first-order valence-electron chi connectivity index (χ1n) is 11.9. The minimum absolute atomic E-state index is 0.0978. The number of nitrogens with zero attached hydrogens (tertiary/aromatic N) is 1. The highest BCUT2D eigenvalue weighted by molar-refractivity contribution is 5.86. The second-order valence-electron chi connectivity index (χ2n) is 9.05. The number of benzene rings is 4. The maximum absolute atomic E-state index is 14.2. The first-order valence-corrected chi connectivity index (χ1v) is 11.9. The largest absolute Gasteiger partial charge is 0.486 e. The van der Waals surface area contributed by atoms with Crippen molar-refractivity contribution >= 4 is 22.1 Å². The molecule has 4 aromatic rings. The first kappa shape index (κ1) is 24.1. The number of nitrogens with one attached hydrogen (secondary N) is 1. The molecule has 1 unspecified atom stereocenters. The van der Waals surface area contributed by atoms with Crippen LogP contribution in [0.1, 0.15) is 30.5 Å². The predicted molar refractivity (Wildman–Crippen MR) is 134 cm³/mol. The summed E-state index contributed by atoms with van der Waals surface area (Å²) < 4.78 is 60.4. The highest BCUT2D eigenvalue weighted by atomic mass is 19.4. The average molecular weight is 495 g/mol. The van der Waals surface area contributed by atoms with E-state index in [1.165, 1.54) is 16.3 Å². The van der Waals surface area contributed by atoms with E-state index in [9.17, 15) is 17.6 Å². The quantitative estimate of drug-likeness (QED) is 0.279. The van der Waals surface area contributed by atoms with Crippen LogP contribution in [0, 0.1) is 5.82 Å². The zero-order valence-electron chi connectivity index (χ0n) is 19.7. The van der Waals surface area contributed by atoms with Crippen LogP contribution in [0.15, 0.2) is 84.9 Å². The molecule has 0 bridgehead atoms. The molecule has 4 aromatic carbocycles. The summed E-state index contributed by atoms with van der Waals surface area (Å²) >= 11 is 0. The molecule has 0 radical (unpaired) electrons. The summed E-state index contributed by atoms with van der Waals surface area (Å²) in [5.74, 6) is -0.361. The van der Waals surface area contributed by atoms with E-state index < -0.39 is 17.6 Å². The molecule has 5 rings (SSSR count). The standard InChI is InChI=1S/C29H26F4N2O/c1-19(25-10-6-8-20-7-2-3-9-26(20)25)34-14-13-24-18-35(27-11-4-5-12-28(27)36-24)23-16-21(29(31,32)33)15-22(30)17-23/h2-12,15-17,19,24,34H,13-14,18H2,1H3/t19-,24?/m1/s1. The van der Waals surface area contributed by atoms with Gasteiger partial charge in [0.25, 0.3) is 0 Å². The van der Waals surface area contributed by atoms with Gasteiger partial charge in [-0.1, -0.05) is 54.6 Å². The maximum Gasteiger partial charge on any atom is 0.416 e. The molecule has 0 fully saturated rings. The van der Waals surface area contributed by atoms with Crippen molar-refractivity contribution in [2.45, 2.75) is 31.7 Å². The smallest absolute Gasteiger partial charge is 0.416 e. The molecule has 36 heavy (non-hydrogen) atoms. The van der Waals surface area contributed by atoms with Crippen LogP contribution in [0.25, 0.3) is 10.8 Å². The third kappa shape index (κ3) is 5.02. The number of ether oxygens (including phenoxy) is 1. The van der Waals surface area contributed by atoms with Crippen LogP contribution >= 0.6 is 0 Å². The molecular weight excluding hydrogens is 468 g/mol.